The number of hydrogen-bond acceptors (Lipinski definition) is 1. The Balaban J connectivity index is 1.19. The number of rotatable bonds is 7. The zero-order valence-electron chi connectivity index (χ0n) is 22.2. The van der Waals surface area contributed by atoms with E-state index >= 15 is 0 Å². The number of allylic oxidation sites excluding steroid dienone is 5. The largest absolute Gasteiger partial charge is 0.294 e. The number of Topliss-reactive ketones (excluding diaryl/α,β-unsaturated/α-hetero) is 1. The highest BCUT2D eigenvalue weighted by molar-refractivity contribution is 6.32. The average Bonchev–Trinajstić information content (AvgIpc) is 3.33. The van der Waals surface area contributed by atoms with Gasteiger partial charge in [0.05, 0.1) is 0 Å². The molecule has 4 unspecified atom stereocenters. The Morgan fingerprint density at radius 3 is 2.46 bits per heavy atom. The number of carbonyl (C=O) groups excluding carboxylic acids is 1. The fraction of sp³-hybridized carbons (Fsp3) is 0.441. The Morgan fingerprint density at radius 2 is 1.76 bits per heavy atom. The second kappa shape index (κ2) is 11.3. The van der Waals surface area contributed by atoms with Gasteiger partial charge in [-0.25, -0.2) is 0 Å². The fourth-order valence-corrected chi connectivity index (χ4v) is 7.32. The molecule has 0 heterocycles. The third kappa shape index (κ3) is 5.99. The molecule has 194 valence electrons. The molecular formula is C34H38Cl2O. The Labute approximate surface area is 232 Å². The molecule has 37 heavy (non-hydrogen) atoms. The lowest BCUT2D eigenvalue weighted by molar-refractivity contribution is 0.0937. The molecule has 3 aliphatic carbocycles. The van der Waals surface area contributed by atoms with Gasteiger partial charge in [-0.3, -0.25) is 4.79 Å². The molecule has 1 nitrogen and oxygen atoms in total. The normalized spacial score (nSPS) is 25.3. The van der Waals surface area contributed by atoms with E-state index in [4.69, 9.17) is 23.2 Å². The number of alkyl halides is 1. The summed E-state index contributed by atoms with van der Waals surface area (Å²) in [5.41, 5.74) is 9.90. The molecule has 2 aromatic carbocycles. The molecule has 2 aromatic rings. The molecule has 0 aliphatic heterocycles. The molecule has 0 radical (unpaired) electrons. The predicted octanol–water partition coefficient (Wildman–Crippen LogP) is 9.43. The molecule has 1 fully saturated rings. The van der Waals surface area contributed by atoms with Crippen molar-refractivity contribution in [1.29, 1.82) is 0 Å². The van der Waals surface area contributed by atoms with E-state index < -0.39 is 0 Å². The lowest BCUT2D eigenvalue weighted by Crippen LogP contribution is -2.31. The molecule has 0 aromatic heterocycles. The Bertz CT molecular complexity index is 1250. The van der Waals surface area contributed by atoms with Crippen LogP contribution in [-0.4, -0.2) is 11.2 Å². The van der Waals surface area contributed by atoms with Crippen LogP contribution in [0.3, 0.4) is 0 Å². The fourth-order valence-electron chi connectivity index (χ4n) is 6.55. The third-order valence-electron chi connectivity index (χ3n) is 9.02. The number of benzene rings is 2. The minimum Gasteiger partial charge on any atom is -0.294 e. The van der Waals surface area contributed by atoms with Gasteiger partial charge >= 0.3 is 0 Å². The number of ketones is 1. The zero-order chi connectivity index (χ0) is 26.1. The summed E-state index contributed by atoms with van der Waals surface area (Å²) in [5, 5.41) is 1.01. The van der Waals surface area contributed by atoms with Crippen LogP contribution < -0.4 is 0 Å². The maximum absolute atomic E-state index is 12.8. The summed E-state index contributed by atoms with van der Waals surface area (Å²) < 4.78 is 0. The van der Waals surface area contributed by atoms with Gasteiger partial charge in [-0.2, -0.15) is 0 Å². The van der Waals surface area contributed by atoms with Gasteiger partial charge in [-0.15, -0.1) is 11.6 Å². The average molecular weight is 534 g/mol. The first kappa shape index (κ1) is 26.5. The highest BCUT2D eigenvalue weighted by Gasteiger charge is 2.37. The van der Waals surface area contributed by atoms with Crippen LogP contribution in [0.1, 0.15) is 78.1 Å². The molecule has 0 saturated heterocycles. The minimum atomic E-state index is 0.0627. The van der Waals surface area contributed by atoms with E-state index in [9.17, 15) is 4.79 Å². The maximum Gasteiger partial charge on any atom is 0.163 e. The lowest BCUT2D eigenvalue weighted by atomic mass is 9.73. The van der Waals surface area contributed by atoms with Gasteiger partial charge in [0.15, 0.2) is 5.78 Å². The maximum atomic E-state index is 12.8. The third-order valence-corrected chi connectivity index (χ3v) is 10.0. The minimum absolute atomic E-state index is 0.0627. The van der Waals surface area contributed by atoms with Crippen molar-refractivity contribution < 1.29 is 4.79 Å². The van der Waals surface area contributed by atoms with Crippen molar-refractivity contribution in [3.8, 4) is 0 Å². The van der Waals surface area contributed by atoms with Gasteiger partial charge in [0.25, 0.3) is 0 Å². The summed E-state index contributed by atoms with van der Waals surface area (Å²) in [5.74, 6) is 1.68. The van der Waals surface area contributed by atoms with Crippen LogP contribution in [0.15, 0.2) is 71.8 Å². The van der Waals surface area contributed by atoms with Crippen molar-refractivity contribution in [2.75, 3.05) is 0 Å². The number of carbonyl (C=O) groups is 1. The molecule has 3 heteroatoms. The van der Waals surface area contributed by atoms with E-state index in [0.717, 1.165) is 62.0 Å². The van der Waals surface area contributed by atoms with E-state index in [0.29, 0.717) is 18.3 Å². The molecular weight excluding hydrogens is 495 g/mol. The molecule has 3 aliphatic rings. The summed E-state index contributed by atoms with van der Waals surface area (Å²) in [6.07, 6.45) is 13.3. The first-order valence-electron chi connectivity index (χ1n) is 13.9. The second-order valence-corrected chi connectivity index (χ2v) is 12.6. The van der Waals surface area contributed by atoms with Crippen molar-refractivity contribution in [2.24, 2.45) is 17.8 Å². The summed E-state index contributed by atoms with van der Waals surface area (Å²) in [4.78, 5) is 12.8. The van der Waals surface area contributed by atoms with Crippen LogP contribution in [0, 0.1) is 24.7 Å². The van der Waals surface area contributed by atoms with Crippen LogP contribution in [-0.2, 0) is 19.3 Å². The van der Waals surface area contributed by atoms with Gasteiger partial charge < -0.3 is 0 Å². The first-order chi connectivity index (χ1) is 17.8. The number of hydrogen-bond donors (Lipinski definition) is 0. The van der Waals surface area contributed by atoms with Crippen molar-refractivity contribution >= 4 is 29.0 Å². The van der Waals surface area contributed by atoms with Gasteiger partial charge in [0.2, 0.25) is 0 Å². The van der Waals surface area contributed by atoms with Crippen molar-refractivity contribution in [3.63, 3.8) is 0 Å². The highest BCUT2D eigenvalue weighted by Crippen LogP contribution is 2.45. The number of aryl methyl sites for hydroxylation is 1. The van der Waals surface area contributed by atoms with Gasteiger partial charge in [-0.05, 0) is 111 Å². The summed E-state index contributed by atoms with van der Waals surface area (Å²) in [7, 11) is 0. The molecule has 0 N–H and O–H groups in total. The molecule has 5 rings (SSSR count). The van der Waals surface area contributed by atoms with Gasteiger partial charge in [0.1, 0.15) is 0 Å². The molecule has 1 saturated carbocycles. The monoisotopic (exact) mass is 532 g/mol. The lowest BCUT2D eigenvalue weighted by Gasteiger charge is -2.35. The van der Waals surface area contributed by atoms with Crippen LogP contribution >= 0.6 is 23.2 Å². The summed E-state index contributed by atoms with van der Waals surface area (Å²) in [6.45, 7) is 8.62. The van der Waals surface area contributed by atoms with Crippen LogP contribution in [0.4, 0.5) is 0 Å². The Hall–Kier alpha value is -2.09. The SMILES string of the molecule is C=C(Cc1ccc2c(c1Cl)CC(C1CCC(CC(=O)c3ccc(C)cc3)C(Cl)C1)C2)C1=CC=C(C)CC1. The quantitative estimate of drug-likeness (QED) is 0.256. The number of halogens is 2. The van der Waals surface area contributed by atoms with E-state index in [1.54, 1.807) is 0 Å². The number of fused-ring (bicyclic) bond motifs is 1. The van der Waals surface area contributed by atoms with Gasteiger partial charge in [-0.1, -0.05) is 77.9 Å². The van der Waals surface area contributed by atoms with E-state index in [1.807, 2.05) is 31.2 Å². The topological polar surface area (TPSA) is 17.1 Å². The predicted molar refractivity (Wildman–Crippen MR) is 157 cm³/mol. The summed E-state index contributed by atoms with van der Waals surface area (Å²) in [6, 6.07) is 12.4. The van der Waals surface area contributed by atoms with Crippen LogP contribution in [0.25, 0.3) is 0 Å². The Morgan fingerprint density at radius 1 is 0.973 bits per heavy atom. The van der Waals surface area contributed by atoms with Crippen molar-refractivity contribution in [2.45, 2.75) is 77.0 Å². The van der Waals surface area contributed by atoms with Gasteiger partial charge in [0, 0.05) is 22.4 Å². The zero-order valence-corrected chi connectivity index (χ0v) is 23.7. The molecule has 4 atom stereocenters. The molecule has 0 bridgehead atoms. The first-order valence-corrected chi connectivity index (χ1v) is 14.7. The highest BCUT2D eigenvalue weighted by atomic mass is 35.5. The smallest absolute Gasteiger partial charge is 0.163 e. The Kier molecular flexibility index (Phi) is 8.13. The van der Waals surface area contributed by atoms with E-state index in [-0.39, 0.29) is 17.1 Å². The van der Waals surface area contributed by atoms with Crippen molar-refractivity contribution in [1.82, 2.24) is 0 Å². The van der Waals surface area contributed by atoms with E-state index in [2.05, 4.69) is 37.8 Å². The summed E-state index contributed by atoms with van der Waals surface area (Å²) >= 11 is 13.9. The molecule has 0 spiro atoms. The van der Waals surface area contributed by atoms with Crippen LogP contribution in [0.2, 0.25) is 5.02 Å². The second-order valence-electron chi connectivity index (χ2n) is 11.7. The van der Waals surface area contributed by atoms with Crippen LogP contribution in [0.5, 0.6) is 0 Å². The molecule has 0 amide bonds. The van der Waals surface area contributed by atoms with E-state index in [1.165, 1.54) is 39.0 Å². The van der Waals surface area contributed by atoms with Crippen molar-refractivity contribution in [3.05, 3.63) is 105 Å². The standard InChI is InChI=1S/C34H38Cl2O/c1-21-4-8-24(9-5-21)23(3)16-29-15-13-27-17-30(18-31(27)34(29)36)26-12-14-28(32(35)19-26)20-33(37)25-10-6-22(2)7-11-25/h4,6-8,10-11,13,15,26,28,30,32H,3,5,9,12,14,16-20H2,1-2H3.